The highest BCUT2D eigenvalue weighted by Gasteiger charge is 2.32. The summed E-state index contributed by atoms with van der Waals surface area (Å²) in [4.78, 5) is 27.0. The first kappa shape index (κ1) is 24.6. The first-order chi connectivity index (χ1) is 14.6. The number of carbonyl (C=O) groups is 2. The zero-order valence-electron chi connectivity index (χ0n) is 17.5. The molecule has 0 spiro atoms. The van der Waals surface area contributed by atoms with E-state index in [-0.39, 0.29) is 18.7 Å². The third kappa shape index (κ3) is 6.18. The molecule has 0 aromatic heterocycles. The number of nitrogens with zero attached hydrogens (tertiary/aromatic N) is 2. The van der Waals surface area contributed by atoms with E-state index < -0.39 is 40.2 Å². The van der Waals surface area contributed by atoms with Gasteiger partial charge in [0.15, 0.2) is 0 Å². The highest BCUT2D eigenvalue weighted by Crippen LogP contribution is 2.23. The molecule has 0 bridgehead atoms. The molecule has 0 heterocycles. The van der Waals surface area contributed by atoms with Crippen molar-refractivity contribution in [2.45, 2.75) is 25.9 Å². The molecule has 10 heteroatoms. The number of benzene rings is 2. The van der Waals surface area contributed by atoms with Gasteiger partial charge in [0.2, 0.25) is 21.8 Å². The fourth-order valence-electron chi connectivity index (χ4n) is 3.15. The maximum atomic E-state index is 14.3. The van der Waals surface area contributed by atoms with Gasteiger partial charge in [0.1, 0.15) is 18.4 Å². The van der Waals surface area contributed by atoms with Gasteiger partial charge in [0.25, 0.3) is 0 Å². The van der Waals surface area contributed by atoms with Crippen LogP contribution < -0.4 is 9.62 Å². The number of hydrogen-bond acceptors (Lipinski definition) is 4. The molecule has 1 N–H and O–H groups in total. The number of hydrogen-bond donors (Lipinski definition) is 1. The molecule has 0 saturated heterocycles. The van der Waals surface area contributed by atoms with E-state index in [1.54, 1.807) is 31.2 Å². The molecule has 2 aromatic rings. The molecule has 0 saturated carbocycles. The monoisotopic (exact) mass is 469 g/mol. The third-order valence-corrected chi connectivity index (χ3v) is 6.23. The van der Waals surface area contributed by atoms with Crippen molar-refractivity contribution in [1.29, 1.82) is 0 Å². The molecule has 0 unspecified atom stereocenters. The molecule has 31 heavy (non-hydrogen) atoms. The van der Waals surface area contributed by atoms with Crippen LogP contribution in [0.2, 0.25) is 5.02 Å². The molecule has 0 radical (unpaired) electrons. The molecule has 0 aliphatic rings. The lowest BCUT2D eigenvalue weighted by molar-refractivity contribution is -0.140. The van der Waals surface area contributed by atoms with Crippen LogP contribution in [0.4, 0.5) is 10.1 Å². The van der Waals surface area contributed by atoms with Crippen molar-refractivity contribution < 1.29 is 22.4 Å². The second-order valence-electron chi connectivity index (χ2n) is 6.87. The van der Waals surface area contributed by atoms with Gasteiger partial charge in [-0.05, 0) is 30.2 Å². The first-order valence-corrected chi connectivity index (χ1v) is 11.8. The van der Waals surface area contributed by atoms with Gasteiger partial charge in [-0.2, -0.15) is 0 Å². The predicted molar refractivity (Wildman–Crippen MR) is 119 cm³/mol. The Morgan fingerprint density at radius 1 is 1.13 bits per heavy atom. The smallest absolute Gasteiger partial charge is 0.244 e. The topological polar surface area (TPSA) is 86.8 Å². The summed E-state index contributed by atoms with van der Waals surface area (Å²) < 4.78 is 39.8. The van der Waals surface area contributed by atoms with Crippen LogP contribution in [-0.2, 0) is 26.2 Å². The number of amides is 2. The molecule has 2 rings (SSSR count). The van der Waals surface area contributed by atoms with Crippen molar-refractivity contribution >= 4 is 39.1 Å². The zero-order chi connectivity index (χ0) is 23.2. The lowest BCUT2D eigenvalue weighted by Gasteiger charge is -2.32. The van der Waals surface area contributed by atoms with Gasteiger partial charge < -0.3 is 10.2 Å². The van der Waals surface area contributed by atoms with E-state index >= 15 is 0 Å². The van der Waals surface area contributed by atoms with Crippen LogP contribution in [0, 0.1) is 5.82 Å². The normalized spacial score (nSPS) is 12.2. The van der Waals surface area contributed by atoms with E-state index in [1.807, 2.05) is 0 Å². The summed E-state index contributed by atoms with van der Waals surface area (Å²) in [5.41, 5.74) is 0.348. The maximum absolute atomic E-state index is 14.3. The van der Waals surface area contributed by atoms with Crippen molar-refractivity contribution in [1.82, 2.24) is 10.2 Å². The summed E-state index contributed by atoms with van der Waals surface area (Å²) >= 11 is 6.23. The highest BCUT2D eigenvalue weighted by molar-refractivity contribution is 7.92. The minimum atomic E-state index is -3.99. The Bertz CT molecular complexity index is 1050. The molecule has 2 aromatic carbocycles. The van der Waals surface area contributed by atoms with Crippen molar-refractivity contribution in [2.75, 3.05) is 24.2 Å². The van der Waals surface area contributed by atoms with Crippen LogP contribution in [-0.4, -0.2) is 51.0 Å². The summed E-state index contributed by atoms with van der Waals surface area (Å²) in [5, 5.41) is 2.92. The lowest BCUT2D eigenvalue weighted by atomic mass is 10.1. The maximum Gasteiger partial charge on any atom is 0.244 e. The van der Waals surface area contributed by atoms with Gasteiger partial charge in [-0.15, -0.1) is 0 Å². The molecule has 7 nitrogen and oxygen atoms in total. The Morgan fingerprint density at radius 3 is 2.29 bits per heavy atom. The second kappa shape index (κ2) is 10.6. The van der Waals surface area contributed by atoms with E-state index in [2.05, 4.69) is 5.32 Å². The van der Waals surface area contributed by atoms with E-state index in [0.717, 1.165) is 12.3 Å². The minimum Gasteiger partial charge on any atom is -0.357 e. The summed E-state index contributed by atoms with van der Waals surface area (Å²) in [6.45, 7) is 1.05. The van der Waals surface area contributed by atoms with E-state index in [1.165, 1.54) is 30.1 Å². The Hall–Kier alpha value is -2.65. The zero-order valence-corrected chi connectivity index (χ0v) is 19.1. The molecule has 0 aliphatic heterocycles. The lowest BCUT2D eigenvalue weighted by Crippen LogP contribution is -2.51. The van der Waals surface area contributed by atoms with Crippen molar-refractivity contribution in [3.63, 3.8) is 0 Å². The van der Waals surface area contributed by atoms with E-state index in [9.17, 15) is 22.4 Å². The van der Waals surface area contributed by atoms with Gasteiger partial charge >= 0.3 is 0 Å². The Morgan fingerprint density at radius 2 is 1.74 bits per heavy atom. The van der Waals surface area contributed by atoms with Gasteiger partial charge in [-0.25, -0.2) is 12.8 Å². The number of carbonyl (C=O) groups excluding carboxylic acids is 2. The molecule has 1 atom stereocenters. The SMILES string of the molecule is CC[C@H](C(=O)NC)N(Cc1ccccc1Cl)C(=O)CN(c1ccccc1F)S(C)(=O)=O. The van der Waals surface area contributed by atoms with Crippen LogP contribution in [0.25, 0.3) is 0 Å². The molecular weight excluding hydrogens is 445 g/mol. The number of likely N-dealkylation sites (N-methyl/N-ethyl adjacent to an activating group) is 1. The van der Waals surface area contributed by atoms with E-state index in [4.69, 9.17) is 11.6 Å². The van der Waals surface area contributed by atoms with E-state index in [0.29, 0.717) is 14.9 Å². The van der Waals surface area contributed by atoms with Gasteiger partial charge in [0, 0.05) is 18.6 Å². The Balaban J connectivity index is 2.46. The van der Waals surface area contributed by atoms with Gasteiger partial charge in [-0.3, -0.25) is 13.9 Å². The van der Waals surface area contributed by atoms with Crippen molar-refractivity contribution in [3.05, 3.63) is 64.9 Å². The average Bonchev–Trinajstić information content (AvgIpc) is 2.72. The van der Waals surface area contributed by atoms with Crippen LogP contribution >= 0.6 is 11.6 Å². The summed E-state index contributed by atoms with van der Waals surface area (Å²) in [6.07, 6.45) is 1.18. The molecule has 0 aliphatic carbocycles. The summed E-state index contributed by atoms with van der Waals surface area (Å²) in [5.74, 6) is -1.85. The first-order valence-electron chi connectivity index (χ1n) is 9.56. The van der Waals surface area contributed by atoms with Gasteiger partial charge in [0.05, 0.1) is 11.9 Å². The minimum absolute atomic E-state index is 0.0146. The predicted octanol–water partition coefficient (Wildman–Crippen LogP) is 2.80. The third-order valence-electron chi connectivity index (χ3n) is 4.73. The molecular formula is C21H25ClFN3O4S. The number of sulfonamides is 1. The Kier molecular flexibility index (Phi) is 8.41. The molecule has 2 amide bonds. The largest absolute Gasteiger partial charge is 0.357 e. The number of halogens is 2. The number of rotatable bonds is 9. The Labute approximate surface area is 186 Å². The number of nitrogens with one attached hydrogen (secondary N) is 1. The highest BCUT2D eigenvalue weighted by atomic mass is 35.5. The van der Waals surface area contributed by atoms with Crippen molar-refractivity contribution in [2.24, 2.45) is 0 Å². The fraction of sp³-hybridized carbons (Fsp3) is 0.333. The van der Waals surface area contributed by atoms with Crippen LogP contribution in [0.3, 0.4) is 0 Å². The second-order valence-corrected chi connectivity index (χ2v) is 9.19. The standard InChI is InChI=1S/C21H25ClFN3O4S/c1-4-18(21(28)24-2)25(13-15-9-5-6-10-16(15)22)20(27)14-26(31(3,29)30)19-12-8-7-11-17(19)23/h5-12,18H,4,13-14H2,1-3H3,(H,24,28)/t18-/m1/s1. The summed E-state index contributed by atoms with van der Waals surface area (Å²) in [7, 11) is -2.54. The number of para-hydroxylation sites is 1. The molecule has 0 fully saturated rings. The quantitative estimate of drug-likeness (QED) is 0.611. The van der Waals surface area contributed by atoms with Crippen LogP contribution in [0.15, 0.2) is 48.5 Å². The number of anilines is 1. The summed E-state index contributed by atoms with van der Waals surface area (Å²) in [6, 6.07) is 11.3. The van der Waals surface area contributed by atoms with Gasteiger partial charge in [-0.1, -0.05) is 48.9 Å². The van der Waals surface area contributed by atoms with Crippen molar-refractivity contribution in [3.8, 4) is 0 Å². The van der Waals surface area contributed by atoms with Crippen LogP contribution in [0.1, 0.15) is 18.9 Å². The van der Waals surface area contributed by atoms with Crippen LogP contribution in [0.5, 0.6) is 0 Å². The fourth-order valence-corrected chi connectivity index (χ4v) is 4.19. The molecule has 168 valence electrons. The average molecular weight is 470 g/mol.